The monoisotopic (exact) mass is 291 g/mol. The minimum Gasteiger partial charge on any atom is -0.337 e. The third kappa shape index (κ3) is 3.59. The quantitative estimate of drug-likeness (QED) is 0.801. The van der Waals surface area contributed by atoms with Crippen molar-refractivity contribution >= 4 is 5.91 Å². The summed E-state index contributed by atoms with van der Waals surface area (Å²) in [5, 5.41) is 0. The van der Waals surface area contributed by atoms with E-state index in [2.05, 4.69) is 9.88 Å². The number of carbonyl (C=O) groups is 1. The van der Waals surface area contributed by atoms with Gasteiger partial charge in [-0.2, -0.15) is 4.39 Å². The zero-order chi connectivity index (χ0) is 14.7. The summed E-state index contributed by atoms with van der Waals surface area (Å²) < 4.78 is 13.1. The zero-order valence-electron chi connectivity index (χ0n) is 12.3. The second-order valence-corrected chi connectivity index (χ2v) is 6.09. The molecule has 3 heterocycles. The van der Waals surface area contributed by atoms with Gasteiger partial charge in [0, 0.05) is 19.6 Å². The van der Waals surface area contributed by atoms with Crippen molar-refractivity contribution in [2.24, 2.45) is 5.92 Å². The van der Waals surface area contributed by atoms with E-state index in [0.29, 0.717) is 5.92 Å². The van der Waals surface area contributed by atoms with Gasteiger partial charge in [0.2, 0.25) is 5.95 Å². The van der Waals surface area contributed by atoms with E-state index in [-0.39, 0.29) is 11.6 Å². The normalized spacial score (nSPS) is 20.9. The van der Waals surface area contributed by atoms with Crippen LogP contribution in [-0.2, 0) is 0 Å². The first-order valence-corrected chi connectivity index (χ1v) is 7.86. The molecule has 114 valence electrons. The van der Waals surface area contributed by atoms with E-state index in [0.717, 1.165) is 25.9 Å². The van der Waals surface area contributed by atoms with Crippen LogP contribution in [0.4, 0.5) is 4.39 Å². The van der Waals surface area contributed by atoms with Gasteiger partial charge in [-0.3, -0.25) is 4.79 Å². The lowest BCUT2D eigenvalue weighted by Crippen LogP contribution is -2.41. The van der Waals surface area contributed by atoms with E-state index in [1.54, 1.807) is 6.07 Å². The molecule has 2 aliphatic rings. The Hall–Kier alpha value is -1.49. The summed E-state index contributed by atoms with van der Waals surface area (Å²) in [5.41, 5.74) is 0.216. The first-order chi connectivity index (χ1) is 10.2. The van der Waals surface area contributed by atoms with E-state index in [1.165, 1.54) is 44.6 Å². The highest BCUT2D eigenvalue weighted by molar-refractivity contribution is 5.92. The molecule has 0 aliphatic carbocycles. The topological polar surface area (TPSA) is 36.4 Å². The number of halogens is 1. The van der Waals surface area contributed by atoms with Gasteiger partial charge < -0.3 is 9.80 Å². The van der Waals surface area contributed by atoms with Crippen LogP contribution in [-0.4, -0.2) is 53.4 Å². The van der Waals surface area contributed by atoms with Gasteiger partial charge in [-0.15, -0.1) is 0 Å². The maximum absolute atomic E-state index is 13.1. The highest BCUT2D eigenvalue weighted by atomic mass is 19.1. The Morgan fingerprint density at radius 3 is 2.57 bits per heavy atom. The molecule has 1 amide bonds. The first kappa shape index (κ1) is 14.4. The van der Waals surface area contributed by atoms with Crippen molar-refractivity contribution in [1.82, 2.24) is 14.8 Å². The van der Waals surface area contributed by atoms with Gasteiger partial charge in [0.15, 0.2) is 0 Å². The second-order valence-electron chi connectivity index (χ2n) is 6.09. The summed E-state index contributed by atoms with van der Waals surface area (Å²) in [7, 11) is 0. The number of hydrogen-bond donors (Lipinski definition) is 0. The zero-order valence-corrected chi connectivity index (χ0v) is 12.3. The predicted octanol–water partition coefficient (Wildman–Crippen LogP) is 2.17. The minimum absolute atomic E-state index is 0.144. The molecular formula is C16H22FN3O. The molecule has 0 N–H and O–H groups in total. The summed E-state index contributed by atoms with van der Waals surface area (Å²) >= 11 is 0. The summed E-state index contributed by atoms with van der Waals surface area (Å²) in [4.78, 5) is 20.3. The van der Waals surface area contributed by atoms with Crippen molar-refractivity contribution < 1.29 is 9.18 Å². The first-order valence-electron chi connectivity index (χ1n) is 7.86. The number of pyridine rings is 1. The molecule has 1 aromatic heterocycles. The number of carbonyl (C=O) groups excluding carboxylic acids is 1. The van der Waals surface area contributed by atoms with E-state index < -0.39 is 5.95 Å². The van der Waals surface area contributed by atoms with Crippen LogP contribution in [0, 0.1) is 11.9 Å². The third-order valence-corrected chi connectivity index (χ3v) is 4.55. The van der Waals surface area contributed by atoms with Crippen molar-refractivity contribution in [2.75, 3.05) is 32.7 Å². The van der Waals surface area contributed by atoms with Gasteiger partial charge in [0.25, 0.3) is 5.91 Å². The third-order valence-electron chi connectivity index (χ3n) is 4.55. The Bertz CT molecular complexity index is 494. The van der Waals surface area contributed by atoms with Crippen molar-refractivity contribution in [2.45, 2.75) is 25.7 Å². The molecule has 2 aliphatic heterocycles. The second kappa shape index (κ2) is 6.52. The molecule has 0 spiro atoms. The Balaban J connectivity index is 1.52. The fraction of sp³-hybridized carbons (Fsp3) is 0.625. The number of hydrogen-bond acceptors (Lipinski definition) is 3. The molecule has 1 aromatic rings. The van der Waals surface area contributed by atoms with Gasteiger partial charge in [0.1, 0.15) is 5.69 Å². The molecule has 0 unspecified atom stereocenters. The minimum atomic E-state index is -0.593. The van der Waals surface area contributed by atoms with Crippen molar-refractivity contribution in [3.05, 3.63) is 29.8 Å². The lowest BCUT2D eigenvalue weighted by molar-refractivity contribution is 0.0666. The highest BCUT2D eigenvalue weighted by Crippen LogP contribution is 2.21. The summed E-state index contributed by atoms with van der Waals surface area (Å²) in [6.45, 7) is 5.14. The summed E-state index contributed by atoms with van der Waals surface area (Å²) in [6.07, 6.45) is 4.72. The Kier molecular flexibility index (Phi) is 4.48. The molecule has 0 bridgehead atoms. The van der Waals surface area contributed by atoms with Crippen molar-refractivity contribution in [3.63, 3.8) is 0 Å². The average Bonchev–Trinajstić information content (AvgIpc) is 3.00. The SMILES string of the molecule is O=C(c1cccc(F)n1)N1CCC(CN2CCCC2)CC1. The van der Waals surface area contributed by atoms with E-state index in [4.69, 9.17) is 0 Å². The fourth-order valence-electron chi connectivity index (χ4n) is 3.34. The van der Waals surface area contributed by atoms with E-state index >= 15 is 0 Å². The molecule has 3 rings (SSSR count). The smallest absolute Gasteiger partial charge is 0.272 e. The molecule has 2 saturated heterocycles. The Labute approximate surface area is 125 Å². The largest absolute Gasteiger partial charge is 0.337 e. The highest BCUT2D eigenvalue weighted by Gasteiger charge is 2.26. The van der Waals surface area contributed by atoms with Crippen LogP contribution in [0.1, 0.15) is 36.2 Å². The number of amides is 1. The molecule has 0 atom stereocenters. The average molecular weight is 291 g/mol. The van der Waals surface area contributed by atoms with E-state index in [1.807, 2.05) is 4.90 Å². The van der Waals surface area contributed by atoms with Crippen LogP contribution in [0.15, 0.2) is 18.2 Å². The van der Waals surface area contributed by atoms with Crippen LogP contribution in [0.25, 0.3) is 0 Å². The van der Waals surface area contributed by atoms with Crippen molar-refractivity contribution in [3.8, 4) is 0 Å². The summed E-state index contributed by atoms with van der Waals surface area (Å²) in [6, 6.07) is 4.39. The van der Waals surface area contributed by atoms with Gasteiger partial charge in [-0.25, -0.2) is 4.98 Å². The number of likely N-dealkylation sites (tertiary alicyclic amines) is 2. The summed E-state index contributed by atoms with van der Waals surface area (Å²) in [5.74, 6) is -0.0495. The molecule has 5 heteroatoms. The van der Waals surface area contributed by atoms with Gasteiger partial charge in [-0.1, -0.05) is 6.07 Å². The molecule has 21 heavy (non-hydrogen) atoms. The maximum atomic E-state index is 13.1. The van der Waals surface area contributed by atoms with Gasteiger partial charge in [-0.05, 0) is 56.8 Å². The molecule has 0 radical (unpaired) electrons. The van der Waals surface area contributed by atoms with Gasteiger partial charge >= 0.3 is 0 Å². The van der Waals surface area contributed by atoms with E-state index in [9.17, 15) is 9.18 Å². The molecule has 0 saturated carbocycles. The molecule has 2 fully saturated rings. The standard InChI is InChI=1S/C16H22FN3O/c17-15-5-3-4-14(18-15)16(21)20-10-6-13(7-11-20)12-19-8-1-2-9-19/h3-5,13H,1-2,6-12H2. The van der Waals surface area contributed by atoms with Crippen LogP contribution >= 0.6 is 0 Å². The Morgan fingerprint density at radius 2 is 1.90 bits per heavy atom. The Morgan fingerprint density at radius 1 is 1.19 bits per heavy atom. The van der Waals surface area contributed by atoms with Crippen molar-refractivity contribution in [1.29, 1.82) is 0 Å². The maximum Gasteiger partial charge on any atom is 0.272 e. The van der Waals surface area contributed by atoms with Crippen LogP contribution < -0.4 is 0 Å². The fourth-order valence-corrected chi connectivity index (χ4v) is 3.34. The molecule has 4 nitrogen and oxygen atoms in total. The number of rotatable bonds is 3. The molecular weight excluding hydrogens is 269 g/mol. The number of aromatic nitrogens is 1. The van der Waals surface area contributed by atoms with Crippen LogP contribution in [0.2, 0.25) is 0 Å². The number of nitrogens with zero attached hydrogens (tertiary/aromatic N) is 3. The predicted molar refractivity (Wildman–Crippen MR) is 78.5 cm³/mol. The number of piperidine rings is 1. The van der Waals surface area contributed by atoms with Crippen LogP contribution in [0.5, 0.6) is 0 Å². The lowest BCUT2D eigenvalue weighted by atomic mass is 9.96. The lowest BCUT2D eigenvalue weighted by Gasteiger charge is -2.33. The van der Waals surface area contributed by atoms with Crippen LogP contribution in [0.3, 0.4) is 0 Å². The molecule has 0 aromatic carbocycles. The van der Waals surface area contributed by atoms with Gasteiger partial charge in [0.05, 0.1) is 0 Å².